The molecule has 3 rings (SSSR count). The van der Waals surface area contributed by atoms with Crippen LogP contribution in [-0.4, -0.2) is 39.3 Å². The second kappa shape index (κ2) is 6.09. The molecule has 1 aliphatic rings. The van der Waals surface area contributed by atoms with E-state index in [0.29, 0.717) is 12.0 Å². The van der Waals surface area contributed by atoms with Crippen LogP contribution in [0.5, 0.6) is 0 Å². The van der Waals surface area contributed by atoms with Crippen molar-refractivity contribution in [1.29, 1.82) is 0 Å². The van der Waals surface area contributed by atoms with Gasteiger partial charge in [-0.15, -0.1) is 0 Å². The zero-order valence-corrected chi connectivity index (χ0v) is 13.4. The molecule has 0 aliphatic carbocycles. The van der Waals surface area contributed by atoms with Gasteiger partial charge < -0.3 is 15.1 Å². The maximum Gasteiger partial charge on any atom is 0.357 e. The Bertz CT molecular complexity index is 784. The third kappa shape index (κ3) is 2.67. The van der Waals surface area contributed by atoms with Crippen molar-refractivity contribution in [3.8, 4) is 11.1 Å². The standard InChI is InChI=1S/C19H19NO4/c1-13-5-2-3-6-16(13)14-7-9-15(10-8-14)17(21)20-12-4-11-19(20,24)18(22)23/h2-3,5-10,24H,4,11-12H2,1H3,(H,22,23)/t19-/m1/s1. The smallest absolute Gasteiger partial charge is 0.357 e. The van der Waals surface area contributed by atoms with Crippen LogP contribution in [0, 0.1) is 6.92 Å². The van der Waals surface area contributed by atoms with Crippen molar-refractivity contribution in [2.45, 2.75) is 25.5 Å². The Morgan fingerprint density at radius 1 is 1.08 bits per heavy atom. The number of nitrogens with zero attached hydrogens (tertiary/aromatic N) is 1. The molecule has 1 atom stereocenters. The molecule has 2 aromatic carbocycles. The first-order valence-corrected chi connectivity index (χ1v) is 7.87. The number of carboxylic acids is 1. The van der Waals surface area contributed by atoms with Crippen molar-refractivity contribution < 1.29 is 19.8 Å². The van der Waals surface area contributed by atoms with E-state index in [1.165, 1.54) is 0 Å². The number of rotatable bonds is 3. The first kappa shape index (κ1) is 16.2. The minimum Gasteiger partial charge on any atom is -0.478 e. The molecule has 1 amide bonds. The van der Waals surface area contributed by atoms with Crippen LogP contribution >= 0.6 is 0 Å². The molecule has 0 aromatic heterocycles. The van der Waals surface area contributed by atoms with E-state index in [0.717, 1.165) is 21.6 Å². The summed E-state index contributed by atoms with van der Waals surface area (Å²) in [5.41, 5.74) is 1.47. The molecule has 24 heavy (non-hydrogen) atoms. The summed E-state index contributed by atoms with van der Waals surface area (Å²) in [6.45, 7) is 2.26. The first-order valence-electron chi connectivity index (χ1n) is 7.87. The number of carbonyl (C=O) groups is 2. The Kier molecular flexibility index (Phi) is 4.11. The summed E-state index contributed by atoms with van der Waals surface area (Å²) < 4.78 is 0. The minimum atomic E-state index is -2.11. The van der Waals surface area contributed by atoms with Crippen LogP contribution in [0.2, 0.25) is 0 Å². The van der Waals surface area contributed by atoms with Gasteiger partial charge in [0.1, 0.15) is 0 Å². The lowest BCUT2D eigenvalue weighted by Crippen LogP contribution is -2.53. The van der Waals surface area contributed by atoms with Gasteiger partial charge in [0.15, 0.2) is 0 Å². The van der Waals surface area contributed by atoms with Gasteiger partial charge in [0.25, 0.3) is 5.91 Å². The molecule has 2 N–H and O–H groups in total. The van der Waals surface area contributed by atoms with Gasteiger partial charge in [-0.2, -0.15) is 0 Å². The van der Waals surface area contributed by atoms with Crippen LogP contribution in [-0.2, 0) is 4.79 Å². The van der Waals surface area contributed by atoms with Gasteiger partial charge in [0.2, 0.25) is 5.72 Å². The predicted molar refractivity (Wildman–Crippen MR) is 89.5 cm³/mol. The third-order valence-electron chi connectivity index (χ3n) is 4.53. The van der Waals surface area contributed by atoms with E-state index >= 15 is 0 Å². The monoisotopic (exact) mass is 325 g/mol. The Morgan fingerprint density at radius 2 is 1.75 bits per heavy atom. The summed E-state index contributed by atoms with van der Waals surface area (Å²) in [7, 11) is 0. The fourth-order valence-electron chi connectivity index (χ4n) is 3.14. The topological polar surface area (TPSA) is 77.8 Å². The number of benzene rings is 2. The molecule has 2 aromatic rings. The fraction of sp³-hybridized carbons (Fsp3) is 0.263. The molecule has 124 valence electrons. The highest BCUT2D eigenvalue weighted by molar-refractivity contribution is 5.98. The van der Waals surface area contributed by atoms with E-state index in [1.54, 1.807) is 12.1 Å². The van der Waals surface area contributed by atoms with Crippen LogP contribution in [0.25, 0.3) is 11.1 Å². The number of hydrogen-bond acceptors (Lipinski definition) is 3. The van der Waals surface area contributed by atoms with Gasteiger partial charge >= 0.3 is 5.97 Å². The summed E-state index contributed by atoms with van der Waals surface area (Å²) >= 11 is 0. The van der Waals surface area contributed by atoms with Gasteiger partial charge in [0, 0.05) is 18.5 Å². The number of aliphatic hydroxyl groups is 1. The maximum atomic E-state index is 12.6. The van der Waals surface area contributed by atoms with E-state index in [-0.39, 0.29) is 13.0 Å². The van der Waals surface area contributed by atoms with Crippen LogP contribution < -0.4 is 0 Å². The van der Waals surface area contributed by atoms with Crippen molar-refractivity contribution >= 4 is 11.9 Å². The minimum absolute atomic E-state index is 0.0510. The van der Waals surface area contributed by atoms with Crippen LogP contribution in [0.1, 0.15) is 28.8 Å². The first-order chi connectivity index (χ1) is 11.4. The Balaban J connectivity index is 1.87. The Hall–Kier alpha value is -2.66. The lowest BCUT2D eigenvalue weighted by molar-refractivity contribution is -0.171. The molecule has 5 nitrogen and oxygen atoms in total. The molecular formula is C19H19NO4. The van der Waals surface area contributed by atoms with E-state index in [9.17, 15) is 19.8 Å². The quantitative estimate of drug-likeness (QED) is 0.909. The van der Waals surface area contributed by atoms with Crippen LogP contribution in [0.15, 0.2) is 48.5 Å². The molecular weight excluding hydrogens is 306 g/mol. The average Bonchev–Trinajstić information content (AvgIpc) is 2.98. The molecule has 0 radical (unpaired) electrons. The largest absolute Gasteiger partial charge is 0.478 e. The van der Waals surface area contributed by atoms with Gasteiger partial charge in [0.05, 0.1) is 0 Å². The molecule has 0 bridgehead atoms. The Labute approximate surface area is 140 Å². The number of likely N-dealkylation sites (tertiary alicyclic amines) is 1. The molecule has 0 saturated carbocycles. The van der Waals surface area contributed by atoms with Crippen molar-refractivity contribution in [3.63, 3.8) is 0 Å². The molecule has 1 fully saturated rings. The number of aryl methyl sites for hydroxylation is 1. The number of carbonyl (C=O) groups excluding carboxylic acids is 1. The highest BCUT2D eigenvalue weighted by Crippen LogP contribution is 2.30. The lowest BCUT2D eigenvalue weighted by atomic mass is 9.99. The molecule has 1 aliphatic heterocycles. The normalized spacial score (nSPS) is 20.2. The predicted octanol–water partition coefficient (Wildman–Crippen LogP) is 2.67. The molecule has 0 unspecified atom stereocenters. The number of amides is 1. The van der Waals surface area contributed by atoms with Gasteiger partial charge in [-0.1, -0.05) is 36.4 Å². The summed E-state index contributed by atoms with van der Waals surface area (Å²) in [5.74, 6) is -1.85. The maximum absolute atomic E-state index is 12.6. The second-order valence-electron chi connectivity index (χ2n) is 6.07. The highest BCUT2D eigenvalue weighted by Gasteiger charge is 2.48. The van der Waals surface area contributed by atoms with Crippen molar-refractivity contribution in [2.24, 2.45) is 0 Å². The summed E-state index contributed by atoms with van der Waals surface area (Å²) in [6, 6.07) is 15.0. The van der Waals surface area contributed by atoms with E-state index in [2.05, 4.69) is 0 Å². The van der Waals surface area contributed by atoms with E-state index in [1.807, 2.05) is 43.3 Å². The van der Waals surface area contributed by atoms with Crippen molar-refractivity contribution in [2.75, 3.05) is 6.54 Å². The molecule has 1 saturated heterocycles. The molecule has 0 spiro atoms. The lowest BCUT2D eigenvalue weighted by Gasteiger charge is -2.29. The summed E-state index contributed by atoms with van der Waals surface area (Å²) in [4.78, 5) is 24.9. The Morgan fingerprint density at radius 3 is 2.38 bits per heavy atom. The third-order valence-corrected chi connectivity index (χ3v) is 4.53. The second-order valence-corrected chi connectivity index (χ2v) is 6.07. The number of hydrogen-bond donors (Lipinski definition) is 2. The zero-order chi connectivity index (χ0) is 17.3. The fourth-order valence-corrected chi connectivity index (χ4v) is 3.14. The summed E-state index contributed by atoms with van der Waals surface area (Å²) in [6.07, 6.45) is 0.519. The SMILES string of the molecule is Cc1ccccc1-c1ccc(C(=O)N2CCC[C@@]2(O)C(=O)O)cc1. The van der Waals surface area contributed by atoms with Crippen LogP contribution in [0.3, 0.4) is 0 Å². The average molecular weight is 325 g/mol. The highest BCUT2D eigenvalue weighted by atomic mass is 16.4. The molecule has 1 heterocycles. The molecule has 5 heteroatoms. The van der Waals surface area contributed by atoms with Gasteiger partial charge in [-0.25, -0.2) is 4.79 Å². The van der Waals surface area contributed by atoms with Crippen molar-refractivity contribution in [3.05, 3.63) is 59.7 Å². The van der Waals surface area contributed by atoms with E-state index in [4.69, 9.17) is 0 Å². The van der Waals surface area contributed by atoms with Crippen molar-refractivity contribution in [1.82, 2.24) is 4.90 Å². The summed E-state index contributed by atoms with van der Waals surface area (Å²) in [5, 5.41) is 19.5. The number of carboxylic acid groups (broad SMARTS) is 1. The van der Waals surface area contributed by atoms with Gasteiger partial charge in [-0.3, -0.25) is 4.79 Å². The number of aliphatic carboxylic acids is 1. The van der Waals surface area contributed by atoms with E-state index < -0.39 is 17.6 Å². The van der Waals surface area contributed by atoms with Gasteiger partial charge in [-0.05, 0) is 42.2 Å². The zero-order valence-electron chi connectivity index (χ0n) is 13.4. The van der Waals surface area contributed by atoms with Crippen LogP contribution in [0.4, 0.5) is 0 Å².